The number of benzene rings is 2. The van der Waals surface area contributed by atoms with Gasteiger partial charge in [0, 0.05) is 12.5 Å². The minimum Gasteiger partial charge on any atom is -0.461 e. The van der Waals surface area contributed by atoms with Crippen LogP contribution in [0, 0.1) is 0 Å². The Morgan fingerprint density at radius 2 is 1.72 bits per heavy atom. The second-order valence-electron chi connectivity index (χ2n) is 8.29. The van der Waals surface area contributed by atoms with Crippen LogP contribution in [-0.2, 0) is 31.0 Å². The van der Waals surface area contributed by atoms with Crippen LogP contribution in [0.15, 0.2) is 54.6 Å². The standard InChI is InChI=1S/C23H29NO7S/c1-23(2,3)30-22(26)24-15-19(14-21(25)29-16-17-9-6-5-7-10-17)18-11-8-12-20(13-18)31-32(4,27)28/h5-13,19H,14-16H2,1-4H3,(H,24,26). The van der Waals surface area contributed by atoms with E-state index in [1.165, 1.54) is 12.1 Å². The molecular weight excluding hydrogens is 434 g/mol. The molecule has 1 unspecified atom stereocenters. The molecule has 0 heterocycles. The molecule has 0 saturated carbocycles. The Labute approximate surface area is 189 Å². The number of hydrogen-bond acceptors (Lipinski definition) is 7. The van der Waals surface area contributed by atoms with Crippen molar-refractivity contribution < 1.29 is 31.7 Å². The van der Waals surface area contributed by atoms with Crippen LogP contribution in [0.4, 0.5) is 4.79 Å². The van der Waals surface area contributed by atoms with Crippen LogP contribution in [0.2, 0.25) is 0 Å². The van der Waals surface area contributed by atoms with Gasteiger partial charge in [0.25, 0.3) is 0 Å². The largest absolute Gasteiger partial charge is 0.461 e. The zero-order chi connectivity index (χ0) is 23.8. The summed E-state index contributed by atoms with van der Waals surface area (Å²) < 4.78 is 38.5. The van der Waals surface area contributed by atoms with Crippen molar-refractivity contribution in [3.8, 4) is 5.75 Å². The topological polar surface area (TPSA) is 108 Å². The second-order valence-corrected chi connectivity index (χ2v) is 9.86. The van der Waals surface area contributed by atoms with Crippen molar-refractivity contribution in [1.82, 2.24) is 5.32 Å². The van der Waals surface area contributed by atoms with Crippen LogP contribution in [0.5, 0.6) is 5.75 Å². The summed E-state index contributed by atoms with van der Waals surface area (Å²) in [6.45, 7) is 5.45. The third kappa shape index (κ3) is 9.82. The summed E-state index contributed by atoms with van der Waals surface area (Å²) in [5.41, 5.74) is 0.795. The maximum absolute atomic E-state index is 12.5. The number of amides is 1. The van der Waals surface area contributed by atoms with Gasteiger partial charge in [-0.25, -0.2) is 4.79 Å². The van der Waals surface area contributed by atoms with Gasteiger partial charge in [0.1, 0.15) is 18.0 Å². The first-order valence-corrected chi connectivity index (χ1v) is 11.9. The monoisotopic (exact) mass is 463 g/mol. The normalized spacial score (nSPS) is 12.5. The molecule has 0 fully saturated rings. The predicted octanol–water partition coefficient (Wildman–Crippen LogP) is 3.77. The smallest absolute Gasteiger partial charge is 0.407 e. The number of hydrogen-bond donors (Lipinski definition) is 1. The number of nitrogens with one attached hydrogen (secondary N) is 1. The summed E-state index contributed by atoms with van der Waals surface area (Å²) in [5.74, 6) is -0.835. The van der Waals surface area contributed by atoms with E-state index in [-0.39, 0.29) is 25.3 Å². The molecule has 2 aromatic rings. The lowest BCUT2D eigenvalue weighted by atomic mass is 9.95. The Kier molecular flexibility index (Phi) is 8.65. The van der Waals surface area contributed by atoms with Crippen molar-refractivity contribution in [3.63, 3.8) is 0 Å². The molecule has 0 aliphatic heterocycles. The van der Waals surface area contributed by atoms with E-state index in [1.807, 2.05) is 30.3 Å². The highest BCUT2D eigenvalue weighted by Crippen LogP contribution is 2.25. The summed E-state index contributed by atoms with van der Waals surface area (Å²) in [5, 5.41) is 2.66. The molecule has 0 spiro atoms. The van der Waals surface area contributed by atoms with Crippen molar-refractivity contribution in [2.75, 3.05) is 12.8 Å². The van der Waals surface area contributed by atoms with E-state index in [1.54, 1.807) is 32.9 Å². The zero-order valence-electron chi connectivity index (χ0n) is 18.7. The number of carbonyl (C=O) groups is 2. The summed E-state index contributed by atoms with van der Waals surface area (Å²) >= 11 is 0. The Hall–Kier alpha value is -3.07. The van der Waals surface area contributed by atoms with E-state index in [2.05, 4.69) is 5.32 Å². The SMILES string of the molecule is CC(C)(C)OC(=O)NCC(CC(=O)OCc1ccccc1)c1cccc(OS(C)(=O)=O)c1. The molecule has 0 aromatic heterocycles. The van der Waals surface area contributed by atoms with Crippen molar-refractivity contribution >= 4 is 22.2 Å². The average Bonchev–Trinajstić information content (AvgIpc) is 2.68. The molecule has 32 heavy (non-hydrogen) atoms. The van der Waals surface area contributed by atoms with Gasteiger partial charge in [0.05, 0.1) is 12.7 Å². The van der Waals surface area contributed by atoms with Gasteiger partial charge in [-0.3, -0.25) is 4.79 Å². The third-order valence-corrected chi connectivity index (χ3v) is 4.62. The highest BCUT2D eigenvalue weighted by molar-refractivity contribution is 7.86. The first kappa shape index (κ1) is 25.2. The van der Waals surface area contributed by atoms with Crippen LogP contribution in [0.25, 0.3) is 0 Å². The van der Waals surface area contributed by atoms with E-state index in [0.29, 0.717) is 5.56 Å². The number of rotatable bonds is 9. The van der Waals surface area contributed by atoms with Crippen LogP contribution in [-0.4, -0.2) is 38.9 Å². The molecule has 8 nitrogen and oxygen atoms in total. The maximum Gasteiger partial charge on any atom is 0.407 e. The molecule has 0 aliphatic rings. The molecule has 2 aromatic carbocycles. The first-order valence-electron chi connectivity index (χ1n) is 10.1. The summed E-state index contributed by atoms with van der Waals surface area (Å²) in [7, 11) is -3.71. The predicted molar refractivity (Wildman–Crippen MR) is 120 cm³/mol. The van der Waals surface area contributed by atoms with E-state index < -0.39 is 33.7 Å². The zero-order valence-corrected chi connectivity index (χ0v) is 19.5. The Morgan fingerprint density at radius 3 is 2.34 bits per heavy atom. The average molecular weight is 464 g/mol. The van der Waals surface area contributed by atoms with Gasteiger partial charge in [-0.05, 0) is 44.0 Å². The van der Waals surface area contributed by atoms with Crippen molar-refractivity contribution in [2.24, 2.45) is 0 Å². The second kappa shape index (κ2) is 11.0. The van der Waals surface area contributed by atoms with E-state index in [9.17, 15) is 18.0 Å². The Bertz CT molecular complexity index is 1010. The molecule has 0 bridgehead atoms. The molecular formula is C23H29NO7S. The molecule has 174 valence electrons. The molecule has 9 heteroatoms. The summed E-state index contributed by atoms with van der Waals surface area (Å²) in [4.78, 5) is 24.6. The molecule has 0 aliphatic carbocycles. The molecule has 1 amide bonds. The number of ether oxygens (including phenoxy) is 2. The summed E-state index contributed by atoms with van der Waals surface area (Å²) in [6.07, 6.45) is 0.288. The lowest BCUT2D eigenvalue weighted by Gasteiger charge is -2.22. The quantitative estimate of drug-likeness (QED) is 0.445. The van der Waals surface area contributed by atoms with Gasteiger partial charge in [0.2, 0.25) is 0 Å². The van der Waals surface area contributed by atoms with Gasteiger partial charge >= 0.3 is 22.2 Å². The number of alkyl carbamates (subject to hydrolysis) is 1. The van der Waals surface area contributed by atoms with Crippen molar-refractivity contribution in [2.45, 2.75) is 45.3 Å². The highest BCUT2D eigenvalue weighted by Gasteiger charge is 2.22. The van der Waals surface area contributed by atoms with Gasteiger partial charge in [-0.2, -0.15) is 8.42 Å². The van der Waals surface area contributed by atoms with Crippen molar-refractivity contribution in [3.05, 3.63) is 65.7 Å². The number of esters is 1. The molecule has 1 atom stereocenters. The Morgan fingerprint density at radius 1 is 1.03 bits per heavy atom. The molecule has 0 radical (unpaired) electrons. The molecule has 1 N–H and O–H groups in total. The first-order chi connectivity index (χ1) is 14.9. The van der Waals surface area contributed by atoms with E-state index >= 15 is 0 Å². The van der Waals surface area contributed by atoms with Crippen LogP contribution in [0.1, 0.15) is 44.2 Å². The van der Waals surface area contributed by atoms with E-state index in [4.69, 9.17) is 13.7 Å². The Balaban J connectivity index is 2.12. The van der Waals surface area contributed by atoms with Gasteiger partial charge in [-0.15, -0.1) is 0 Å². The van der Waals surface area contributed by atoms with E-state index in [0.717, 1.165) is 11.8 Å². The minimum absolute atomic E-state index is 0.0367. The fraction of sp³-hybridized carbons (Fsp3) is 0.391. The molecule has 2 rings (SSSR count). The van der Waals surface area contributed by atoms with Crippen LogP contribution in [0.3, 0.4) is 0 Å². The fourth-order valence-electron chi connectivity index (χ4n) is 2.82. The minimum atomic E-state index is -3.71. The van der Waals surface area contributed by atoms with Crippen LogP contribution < -0.4 is 9.50 Å². The lowest BCUT2D eigenvalue weighted by molar-refractivity contribution is -0.145. The lowest BCUT2D eigenvalue weighted by Crippen LogP contribution is -2.35. The molecule has 0 saturated heterocycles. The maximum atomic E-state index is 12.5. The van der Waals surface area contributed by atoms with Crippen molar-refractivity contribution in [1.29, 1.82) is 0 Å². The van der Waals surface area contributed by atoms with Crippen LogP contribution >= 0.6 is 0 Å². The highest BCUT2D eigenvalue weighted by atomic mass is 32.2. The van der Waals surface area contributed by atoms with Gasteiger partial charge in [-0.1, -0.05) is 42.5 Å². The number of carbonyl (C=O) groups excluding carboxylic acids is 2. The van der Waals surface area contributed by atoms with Gasteiger partial charge < -0.3 is 19.0 Å². The third-order valence-electron chi connectivity index (χ3n) is 4.12. The fourth-order valence-corrected chi connectivity index (χ4v) is 3.28. The summed E-state index contributed by atoms with van der Waals surface area (Å²) in [6, 6.07) is 15.6. The van der Waals surface area contributed by atoms with Gasteiger partial charge in [0.15, 0.2) is 0 Å².